The molecule has 1 atom stereocenters. The molecule has 0 bridgehead atoms. The summed E-state index contributed by atoms with van der Waals surface area (Å²) in [6.07, 6.45) is 2.06. The Hall–Kier alpha value is -1.39. The van der Waals surface area contributed by atoms with E-state index in [4.69, 9.17) is 15.5 Å². The molecule has 0 spiro atoms. The number of nitrogens with two attached hydrogens (primary N) is 1. The summed E-state index contributed by atoms with van der Waals surface area (Å²) >= 11 is 0. The normalized spacial score (nSPS) is 13.2. The highest BCUT2D eigenvalue weighted by Crippen LogP contribution is 2.17. The van der Waals surface area contributed by atoms with Crippen LogP contribution in [-0.4, -0.2) is 28.3 Å². The molecule has 110 valence electrons. The molecule has 0 aliphatic rings. The van der Waals surface area contributed by atoms with Crippen molar-refractivity contribution in [2.24, 2.45) is 5.73 Å². The number of rotatable bonds is 7. The van der Waals surface area contributed by atoms with Crippen molar-refractivity contribution in [2.45, 2.75) is 52.3 Å². The lowest BCUT2D eigenvalue weighted by Gasteiger charge is -2.15. The number of fused-ring (bicyclic) bond motifs is 1. The van der Waals surface area contributed by atoms with Gasteiger partial charge in [-0.25, -0.2) is 4.98 Å². The van der Waals surface area contributed by atoms with E-state index in [1.807, 2.05) is 19.9 Å². The predicted molar refractivity (Wildman–Crippen MR) is 82.8 cm³/mol. The summed E-state index contributed by atoms with van der Waals surface area (Å²) < 4.78 is 7.87. The minimum Gasteiger partial charge on any atom is -0.377 e. The summed E-state index contributed by atoms with van der Waals surface area (Å²) in [6.45, 7) is 7.79. The van der Waals surface area contributed by atoms with Crippen molar-refractivity contribution in [1.29, 1.82) is 0 Å². The van der Waals surface area contributed by atoms with Gasteiger partial charge in [-0.15, -0.1) is 0 Å². The average molecular weight is 275 g/mol. The van der Waals surface area contributed by atoms with Gasteiger partial charge in [-0.1, -0.05) is 19.1 Å². The minimum atomic E-state index is -0.00943. The van der Waals surface area contributed by atoms with Crippen molar-refractivity contribution in [1.82, 2.24) is 9.55 Å². The quantitative estimate of drug-likeness (QED) is 0.845. The zero-order valence-electron chi connectivity index (χ0n) is 12.7. The molecule has 0 aliphatic heterocycles. The lowest BCUT2D eigenvalue weighted by atomic mass is 10.2. The number of nitrogens with zero attached hydrogens (tertiary/aromatic N) is 2. The number of imidazole rings is 1. The van der Waals surface area contributed by atoms with Crippen LogP contribution in [0, 0.1) is 0 Å². The summed E-state index contributed by atoms with van der Waals surface area (Å²) in [5, 5.41) is 0. The highest BCUT2D eigenvalue weighted by molar-refractivity contribution is 5.75. The van der Waals surface area contributed by atoms with Crippen LogP contribution in [0.25, 0.3) is 11.0 Å². The van der Waals surface area contributed by atoms with Gasteiger partial charge in [-0.3, -0.25) is 0 Å². The Bertz CT molecular complexity index is 548. The van der Waals surface area contributed by atoms with Gasteiger partial charge in [0.25, 0.3) is 0 Å². The maximum atomic E-state index is 6.16. The fraction of sp³-hybridized carbons (Fsp3) is 0.562. The summed E-state index contributed by atoms with van der Waals surface area (Å²) in [7, 11) is 0. The predicted octanol–water partition coefficient (Wildman–Crippen LogP) is 2.74. The van der Waals surface area contributed by atoms with Crippen LogP contribution in [0.1, 0.15) is 33.0 Å². The first-order chi connectivity index (χ1) is 9.61. The molecule has 1 aromatic heterocycles. The first kappa shape index (κ1) is 15.0. The second-order valence-electron chi connectivity index (χ2n) is 5.51. The number of ether oxygens (including phenoxy) is 1. The van der Waals surface area contributed by atoms with Gasteiger partial charge in [-0.05, 0) is 32.4 Å². The van der Waals surface area contributed by atoms with Gasteiger partial charge in [0.15, 0.2) is 0 Å². The smallest absolute Gasteiger partial charge is 0.111 e. The van der Waals surface area contributed by atoms with Gasteiger partial charge in [0.2, 0.25) is 0 Å². The van der Waals surface area contributed by atoms with E-state index in [2.05, 4.69) is 29.7 Å². The van der Waals surface area contributed by atoms with E-state index >= 15 is 0 Å². The van der Waals surface area contributed by atoms with Gasteiger partial charge < -0.3 is 15.0 Å². The molecular formula is C16H25N3O. The number of hydrogen-bond donors (Lipinski definition) is 1. The zero-order valence-corrected chi connectivity index (χ0v) is 12.7. The summed E-state index contributed by atoms with van der Waals surface area (Å²) in [6, 6.07) is 8.25. The molecule has 0 saturated heterocycles. The Labute approximate surface area is 120 Å². The summed E-state index contributed by atoms with van der Waals surface area (Å²) in [5.74, 6) is 1.06. The van der Waals surface area contributed by atoms with Crippen molar-refractivity contribution in [2.75, 3.05) is 6.61 Å². The van der Waals surface area contributed by atoms with E-state index in [1.54, 1.807) is 0 Å². The first-order valence-electron chi connectivity index (χ1n) is 7.43. The maximum absolute atomic E-state index is 6.16. The Morgan fingerprint density at radius 3 is 2.75 bits per heavy atom. The van der Waals surface area contributed by atoms with Crippen molar-refractivity contribution >= 4 is 11.0 Å². The second-order valence-corrected chi connectivity index (χ2v) is 5.51. The van der Waals surface area contributed by atoms with Crippen molar-refractivity contribution in [3.05, 3.63) is 30.1 Å². The monoisotopic (exact) mass is 275 g/mol. The van der Waals surface area contributed by atoms with Crippen LogP contribution in [0.3, 0.4) is 0 Å². The Balaban J connectivity index is 2.17. The number of hydrogen-bond acceptors (Lipinski definition) is 3. The molecule has 20 heavy (non-hydrogen) atoms. The number of aromatic nitrogens is 2. The lowest BCUT2D eigenvalue weighted by Crippen LogP contribution is -2.31. The zero-order chi connectivity index (χ0) is 14.5. The molecule has 1 aromatic carbocycles. The molecule has 1 unspecified atom stereocenters. The third kappa shape index (κ3) is 3.58. The van der Waals surface area contributed by atoms with E-state index in [0.717, 1.165) is 30.7 Å². The largest absolute Gasteiger partial charge is 0.377 e. The minimum absolute atomic E-state index is 0.00943. The van der Waals surface area contributed by atoms with Crippen molar-refractivity contribution in [3.63, 3.8) is 0 Å². The number of para-hydroxylation sites is 2. The summed E-state index contributed by atoms with van der Waals surface area (Å²) in [5.41, 5.74) is 8.41. The van der Waals surface area contributed by atoms with Crippen LogP contribution in [-0.2, 0) is 17.7 Å². The third-order valence-corrected chi connectivity index (χ3v) is 3.27. The highest BCUT2D eigenvalue weighted by Gasteiger charge is 2.13. The molecule has 2 aromatic rings. The lowest BCUT2D eigenvalue weighted by molar-refractivity contribution is 0.0679. The molecule has 0 fully saturated rings. The molecule has 1 heterocycles. The van der Waals surface area contributed by atoms with Gasteiger partial charge in [0, 0.05) is 19.0 Å². The molecule has 0 aliphatic carbocycles. The molecular weight excluding hydrogens is 250 g/mol. The van der Waals surface area contributed by atoms with E-state index in [9.17, 15) is 0 Å². The number of benzene rings is 1. The standard InChI is InChI=1S/C16H25N3O/c1-4-9-19-15-8-6-5-7-14(15)18-16(19)10-13(17)11-20-12(2)3/h5-8,12-13H,4,9-11,17H2,1-3H3. The molecule has 0 saturated carbocycles. The maximum Gasteiger partial charge on any atom is 0.111 e. The summed E-state index contributed by atoms with van der Waals surface area (Å²) in [4.78, 5) is 4.73. The van der Waals surface area contributed by atoms with Crippen LogP contribution >= 0.6 is 0 Å². The van der Waals surface area contributed by atoms with Gasteiger partial charge >= 0.3 is 0 Å². The van der Waals surface area contributed by atoms with Crippen LogP contribution in [0.15, 0.2) is 24.3 Å². The van der Waals surface area contributed by atoms with Crippen LogP contribution < -0.4 is 5.73 Å². The van der Waals surface area contributed by atoms with Crippen LogP contribution in [0.2, 0.25) is 0 Å². The topological polar surface area (TPSA) is 53.1 Å². The van der Waals surface area contributed by atoms with Gasteiger partial charge in [0.05, 0.1) is 23.7 Å². The van der Waals surface area contributed by atoms with Crippen molar-refractivity contribution < 1.29 is 4.74 Å². The SMILES string of the molecule is CCCn1c(CC(N)COC(C)C)nc2ccccc21. The first-order valence-corrected chi connectivity index (χ1v) is 7.43. The van der Waals surface area contributed by atoms with Crippen molar-refractivity contribution in [3.8, 4) is 0 Å². The molecule has 4 heteroatoms. The Kier molecular flexibility index (Phi) is 5.15. The number of aryl methyl sites for hydroxylation is 1. The third-order valence-electron chi connectivity index (χ3n) is 3.27. The molecule has 0 radical (unpaired) electrons. The van der Waals surface area contributed by atoms with E-state index in [-0.39, 0.29) is 12.1 Å². The van der Waals surface area contributed by atoms with Gasteiger partial charge in [-0.2, -0.15) is 0 Å². The molecule has 0 amide bonds. The second kappa shape index (κ2) is 6.86. The molecule has 4 nitrogen and oxygen atoms in total. The average Bonchev–Trinajstić information content (AvgIpc) is 2.75. The highest BCUT2D eigenvalue weighted by atomic mass is 16.5. The Morgan fingerprint density at radius 1 is 1.30 bits per heavy atom. The fourth-order valence-electron chi connectivity index (χ4n) is 2.36. The van der Waals surface area contributed by atoms with Crippen LogP contribution in [0.4, 0.5) is 0 Å². The molecule has 2 N–H and O–H groups in total. The van der Waals surface area contributed by atoms with E-state index < -0.39 is 0 Å². The van der Waals surface area contributed by atoms with Gasteiger partial charge in [0.1, 0.15) is 5.82 Å². The van der Waals surface area contributed by atoms with E-state index in [1.165, 1.54) is 5.52 Å². The fourth-order valence-corrected chi connectivity index (χ4v) is 2.36. The molecule has 2 rings (SSSR count). The van der Waals surface area contributed by atoms with E-state index in [0.29, 0.717) is 6.61 Å². The van der Waals surface area contributed by atoms with Crippen LogP contribution in [0.5, 0.6) is 0 Å². The Morgan fingerprint density at radius 2 is 2.05 bits per heavy atom.